The Hall–Kier alpha value is -1.96. The summed E-state index contributed by atoms with van der Waals surface area (Å²) in [5.41, 5.74) is 4.03. The van der Waals surface area contributed by atoms with Crippen LogP contribution in [0.1, 0.15) is 41.0 Å². The third-order valence-electron chi connectivity index (χ3n) is 4.59. The zero-order valence-electron chi connectivity index (χ0n) is 12.6. The highest BCUT2D eigenvalue weighted by atomic mass is 19.2. The molecule has 1 atom stereocenters. The summed E-state index contributed by atoms with van der Waals surface area (Å²) in [7, 11) is 0. The molecule has 1 aliphatic rings. The minimum absolute atomic E-state index is 0.275. The molecule has 114 valence electrons. The van der Waals surface area contributed by atoms with Crippen LogP contribution in [0, 0.1) is 11.6 Å². The summed E-state index contributed by atoms with van der Waals surface area (Å²) in [5, 5.41) is 0. The fourth-order valence-corrected chi connectivity index (χ4v) is 3.28. The predicted molar refractivity (Wildman–Crippen MR) is 86.1 cm³/mol. The quantitative estimate of drug-likeness (QED) is 0.667. The maximum Gasteiger partial charge on any atom is 0.162 e. The predicted octanol–water partition coefficient (Wildman–Crippen LogP) is 5.36. The summed E-state index contributed by atoms with van der Waals surface area (Å²) < 4.78 is 27.4. The number of halogens is 2. The van der Waals surface area contributed by atoms with Crippen molar-refractivity contribution < 1.29 is 8.78 Å². The van der Waals surface area contributed by atoms with Crippen molar-refractivity contribution in [2.45, 2.75) is 38.0 Å². The largest absolute Gasteiger partial charge is 0.204 e. The first-order valence-corrected chi connectivity index (χ1v) is 7.84. The highest BCUT2D eigenvalue weighted by molar-refractivity contribution is 5.36. The second-order valence-electron chi connectivity index (χ2n) is 6.01. The fraction of sp³-hybridized carbons (Fsp3) is 0.300. The normalized spacial score (nSPS) is 17.1. The van der Waals surface area contributed by atoms with E-state index in [2.05, 4.69) is 30.8 Å². The van der Waals surface area contributed by atoms with Gasteiger partial charge >= 0.3 is 0 Å². The maximum absolute atomic E-state index is 14.0. The van der Waals surface area contributed by atoms with E-state index < -0.39 is 11.6 Å². The van der Waals surface area contributed by atoms with Crippen LogP contribution < -0.4 is 0 Å². The van der Waals surface area contributed by atoms with E-state index in [1.807, 2.05) is 6.08 Å². The van der Waals surface area contributed by atoms with Gasteiger partial charge in [0.2, 0.25) is 0 Å². The molecule has 3 rings (SSSR count). The van der Waals surface area contributed by atoms with Crippen LogP contribution in [0.25, 0.3) is 0 Å². The van der Waals surface area contributed by atoms with Crippen LogP contribution in [-0.2, 0) is 19.3 Å². The fourth-order valence-electron chi connectivity index (χ4n) is 3.28. The van der Waals surface area contributed by atoms with Crippen LogP contribution in [0.3, 0.4) is 0 Å². The second-order valence-corrected chi connectivity index (χ2v) is 6.01. The van der Waals surface area contributed by atoms with Gasteiger partial charge in [-0.2, -0.15) is 0 Å². The molecule has 0 fully saturated rings. The summed E-state index contributed by atoms with van der Waals surface area (Å²) in [6.07, 6.45) is 6.28. The first kappa shape index (κ1) is 15.0. The van der Waals surface area contributed by atoms with E-state index in [-0.39, 0.29) is 5.92 Å². The Balaban J connectivity index is 1.79. The van der Waals surface area contributed by atoms with Gasteiger partial charge in [0.25, 0.3) is 0 Å². The van der Waals surface area contributed by atoms with Gasteiger partial charge in [-0.05, 0) is 66.3 Å². The Kier molecular flexibility index (Phi) is 4.37. The molecule has 0 spiro atoms. The number of rotatable bonds is 4. The Labute approximate surface area is 130 Å². The molecule has 0 nitrogen and oxygen atoms in total. The van der Waals surface area contributed by atoms with Crippen LogP contribution in [0.4, 0.5) is 8.78 Å². The molecular formula is C20H20F2. The third kappa shape index (κ3) is 2.96. The first-order valence-electron chi connectivity index (χ1n) is 7.84. The molecule has 0 heterocycles. The van der Waals surface area contributed by atoms with Gasteiger partial charge in [0.15, 0.2) is 11.6 Å². The average molecular weight is 298 g/mol. The SMILES string of the molecule is C=CCCc1ccc(C2CCc3ccc(F)c(F)c3C2)cc1. The number of fused-ring (bicyclic) bond motifs is 1. The molecule has 1 unspecified atom stereocenters. The molecule has 0 bridgehead atoms. The first-order chi connectivity index (χ1) is 10.7. The lowest BCUT2D eigenvalue weighted by Gasteiger charge is -2.25. The molecule has 1 aliphatic carbocycles. The van der Waals surface area contributed by atoms with Gasteiger partial charge in [0.1, 0.15) is 0 Å². The maximum atomic E-state index is 14.0. The number of aryl methyl sites for hydroxylation is 2. The van der Waals surface area contributed by atoms with Gasteiger partial charge in [0, 0.05) is 0 Å². The van der Waals surface area contributed by atoms with E-state index in [9.17, 15) is 8.78 Å². The second kappa shape index (κ2) is 6.43. The van der Waals surface area contributed by atoms with Crippen molar-refractivity contribution in [1.29, 1.82) is 0 Å². The molecular weight excluding hydrogens is 278 g/mol. The van der Waals surface area contributed by atoms with Gasteiger partial charge in [-0.15, -0.1) is 6.58 Å². The van der Waals surface area contributed by atoms with E-state index in [1.165, 1.54) is 17.2 Å². The van der Waals surface area contributed by atoms with Gasteiger partial charge in [-0.25, -0.2) is 8.78 Å². The smallest absolute Gasteiger partial charge is 0.162 e. The Morgan fingerprint density at radius 2 is 1.86 bits per heavy atom. The van der Waals surface area contributed by atoms with Crippen molar-refractivity contribution in [1.82, 2.24) is 0 Å². The van der Waals surface area contributed by atoms with Crippen molar-refractivity contribution in [3.05, 3.63) is 82.9 Å². The Morgan fingerprint density at radius 3 is 2.59 bits per heavy atom. The number of hydrogen-bond donors (Lipinski definition) is 0. The lowest BCUT2D eigenvalue weighted by atomic mass is 9.79. The molecule has 0 saturated heterocycles. The summed E-state index contributed by atoms with van der Waals surface area (Å²) >= 11 is 0. The topological polar surface area (TPSA) is 0 Å². The van der Waals surface area contributed by atoms with Crippen molar-refractivity contribution in [2.24, 2.45) is 0 Å². The van der Waals surface area contributed by atoms with Crippen LogP contribution in [0.5, 0.6) is 0 Å². The summed E-state index contributed by atoms with van der Waals surface area (Å²) in [4.78, 5) is 0. The number of allylic oxidation sites excluding steroid dienone is 1. The lowest BCUT2D eigenvalue weighted by Crippen LogP contribution is -2.15. The molecule has 0 N–H and O–H groups in total. The molecule has 22 heavy (non-hydrogen) atoms. The van der Waals surface area contributed by atoms with Crippen molar-refractivity contribution in [2.75, 3.05) is 0 Å². The number of benzene rings is 2. The van der Waals surface area contributed by atoms with Crippen LogP contribution in [0.2, 0.25) is 0 Å². The zero-order valence-corrected chi connectivity index (χ0v) is 12.6. The van der Waals surface area contributed by atoms with Gasteiger partial charge in [-0.1, -0.05) is 36.4 Å². The van der Waals surface area contributed by atoms with Crippen molar-refractivity contribution in [3.8, 4) is 0 Å². The summed E-state index contributed by atoms with van der Waals surface area (Å²) in [6, 6.07) is 11.5. The molecule has 0 aliphatic heterocycles. The minimum Gasteiger partial charge on any atom is -0.204 e. The van der Waals surface area contributed by atoms with Gasteiger partial charge in [-0.3, -0.25) is 0 Å². The molecule has 2 aromatic carbocycles. The van der Waals surface area contributed by atoms with E-state index in [4.69, 9.17) is 0 Å². The minimum atomic E-state index is -0.737. The van der Waals surface area contributed by atoms with Crippen LogP contribution >= 0.6 is 0 Å². The molecule has 2 aromatic rings. The Bertz CT molecular complexity index is 671. The molecule has 0 aromatic heterocycles. The Morgan fingerprint density at radius 1 is 1.09 bits per heavy atom. The van der Waals surface area contributed by atoms with E-state index in [0.717, 1.165) is 31.2 Å². The van der Waals surface area contributed by atoms with Crippen molar-refractivity contribution >= 4 is 0 Å². The summed E-state index contributed by atoms with van der Waals surface area (Å²) in [5.74, 6) is -1.12. The van der Waals surface area contributed by atoms with E-state index in [0.29, 0.717) is 12.0 Å². The molecule has 0 radical (unpaired) electrons. The van der Waals surface area contributed by atoms with Crippen LogP contribution in [-0.4, -0.2) is 0 Å². The molecule has 2 heteroatoms. The van der Waals surface area contributed by atoms with Crippen LogP contribution in [0.15, 0.2) is 49.1 Å². The average Bonchev–Trinajstić information content (AvgIpc) is 2.57. The highest BCUT2D eigenvalue weighted by Crippen LogP contribution is 2.34. The van der Waals surface area contributed by atoms with E-state index in [1.54, 1.807) is 6.07 Å². The highest BCUT2D eigenvalue weighted by Gasteiger charge is 2.24. The standard InChI is InChI=1S/C20H20F2/c1-2-3-4-14-5-7-15(8-6-14)17-10-9-16-11-12-19(21)20(22)18(16)13-17/h2,5-8,11-12,17H,1,3-4,9-10,13H2. The van der Waals surface area contributed by atoms with Crippen molar-refractivity contribution in [3.63, 3.8) is 0 Å². The lowest BCUT2D eigenvalue weighted by molar-refractivity contribution is 0.476. The third-order valence-corrected chi connectivity index (χ3v) is 4.59. The number of hydrogen-bond acceptors (Lipinski definition) is 0. The molecule has 0 saturated carbocycles. The summed E-state index contributed by atoms with van der Waals surface area (Å²) in [6.45, 7) is 3.74. The monoisotopic (exact) mass is 298 g/mol. The zero-order chi connectivity index (χ0) is 15.5. The van der Waals surface area contributed by atoms with E-state index >= 15 is 0 Å². The molecule has 0 amide bonds. The van der Waals surface area contributed by atoms with Gasteiger partial charge in [0.05, 0.1) is 0 Å². The van der Waals surface area contributed by atoms with Gasteiger partial charge < -0.3 is 0 Å².